The summed E-state index contributed by atoms with van der Waals surface area (Å²) in [7, 11) is 0. The summed E-state index contributed by atoms with van der Waals surface area (Å²) < 4.78 is 10.2. The topological polar surface area (TPSA) is 87.3 Å². The van der Waals surface area contributed by atoms with Crippen molar-refractivity contribution in [3.8, 4) is 0 Å². The molecule has 0 atom stereocenters. The van der Waals surface area contributed by atoms with Gasteiger partial charge in [0.15, 0.2) is 5.16 Å². The molecule has 110 valence electrons. The number of ether oxygens (including phenoxy) is 2. The summed E-state index contributed by atoms with van der Waals surface area (Å²) in [5, 5.41) is 0.599. The molecule has 0 unspecified atom stereocenters. The van der Waals surface area contributed by atoms with Gasteiger partial charge in [0.1, 0.15) is 11.4 Å². The molecule has 0 spiro atoms. The molecule has 1 aromatic rings. The van der Waals surface area contributed by atoms with Crippen molar-refractivity contribution in [3.05, 3.63) is 11.8 Å². The van der Waals surface area contributed by atoms with Gasteiger partial charge in [-0.15, -0.1) is 0 Å². The van der Waals surface area contributed by atoms with E-state index in [0.717, 1.165) is 31.8 Å². The lowest BCUT2D eigenvalue weighted by atomic mass is 10.0. The molecule has 7 heteroatoms. The molecular formula is C13H19N3O3S. The Balaban J connectivity index is 1.92. The highest BCUT2D eigenvalue weighted by Crippen LogP contribution is 2.24. The van der Waals surface area contributed by atoms with Gasteiger partial charge in [-0.25, -0.2) is 14.8 Å². The molecule has 0 radical (unpaired) electrons. The maximum atomic E-state index is 11.6. The normalized spacial score (nSPS) is 16.1. The highest BCUT2D eigenvalue weighted by molar-refractivity contribution is 7.99. The highest BCUT2D eigenvalue weighted by Gasteiger charge is 2.17. The van der Waals surface area contributed by atoms with Crippen LogP contribution in [0.3, 0.4) is 0 Å². The maximum absolute atomic E-state index is 11.6. The smallest absolute Gasteiger partial charge is 0.343 e. The van der Waals surface area contributed by atoms with E-state index in [2.05, 4.69) is 9.97 Å². The van der Waals surface area contributed by atoms with E-state index in [0.29, 0.717) is 17.7 Å². The standard InChI is InChI=1S/C13H19N3O3S/c1-2-19-12(17)10-7-15-13(16-11(10)14)20-8-9-3-5-18-6-4-9/h7,9H,2-6,8H2,1H3,(H2,14,15,16). The number of carbonyl (C=O) groups excluding carboxylic acids is 1. The van der Waals surface area contributed by atoms with Crippen LogP contribution in [0.25, 0.3) is 0 Å². The SMILES string of the molecule is CCOC(=O)c1cnc(SCC2CCOCC2)nc1N. The molecular weight excluding hydrogens is 278 g/mol. The van der Waals surface area contributed by atoms with E-state index in [-0.39, 0.29) is 11.4 Å². The van der Waals surface area contributed by atoms with Crippen LogP contribution < -0.4 is 5.73 Å². The Kier molecular flexibility index (Phi) is 5.60. The van der Waals surface area contributed by atoms with Crippen molar-refractivity contribution in [2.45, 2.75) is 24.9 Å². The van der Waals surface area contributed by atoms with Crippen molar-refractivity contribution in [1.29, 1.82) is 0 Å². The molecule has 6 nitrogen and oxygen atoms in total. The lowest BCUT2D eigenvalue weighted by Gasteiger charge is -2.21. The molecule has 1 aromatic heterocycles. The third-order valence-electron chi connectivity index (χ3n) is 3.08. The van der Waals surface area contributed by atoms with Crippen LogP contribution in [0.1, 0.15) is 30.1 Å². The summed E-state index contributed by atoms with van der Waals surface area (Å²) in [4.78, 5) is 19.9. The molecule has 0 amide bonds. The fourth-order valence-electron chi connectivity index (χ4n) is 1.92. The number of hydrogen-bond donors (Lipinski definition) is 1. The molecule has 0 saturated carbocycles. The van der Waals surface area contributed by atoms with Crippen LogP contribution in [0.5, 0.6) is 0 Å². The predicted molar refractivity (Wildman–Crippen MR) is 76.7 cm³/mol. The fourth-order valence-corrected chi connectivity index (χ4v) is 2.93. The first-order chi connectivity index (χ1) is 9.70. The first-order valence-electron chi connectivity index (χ1n) is 6.71. The van der Waals surface area contributed by atoms with Crippen molar-refractivity contribution in [3.63, 3.8) is 0 Å². The molecule has 1 saturated heterocycles. The number of esters is 1. The van der Waals surface area contributed by atoms with Gasteiger partial charge in [-0.05, 0) is 25.7 Å². The number of rotatable bonds is 5. The molecule has 2 heterocycles. The van der Waals surface area contributed by atoms with E-state index in [9.17, 15) is 4.79 Å². The van der Waals surface area contributed by atoms with Gasteiger partial charge < -0.3 is 15.2 Å². The number of anilines is 1. The Morgan fingerprint density at radius 2 is 2.30 bits per heavy atom. The van der Waals surface area contributed by atoms with Gasteiger partial charge in [0.2, 0.25) is 0 Å². The molecule has 0 aromatic carbocycles. The number of nitrogen functional groups attached to an aromatic ring is 1. The molecule has 20 heavy (non-hydrogen) atoms. The summed E-state index contributed by atoms with van der Waals surface area (Å²) >= 11 is 1.56. The molecule has 1 fully saturated rings. The zero-order chi connectivity index (χ0) is 14.4. The van der Waals surface area contributed by atoms with Gasteiger partial charge in [-0.3, -0.25) is 0 Å². The average Bonchev–Trinajstić information content (AvgIpc) is 2.46. The number of nitrogens with zero attached hydrogens (tertiary/aromatic N) is 2. The van der Waals surface area contributed by atoms with E-state index >= 15 is 0 Å². The van der Waals surface area contributed by atoms with Crippen molar-refractivity contribution >= 4 is 23.5 Å². The van der Waals surface area contributed by atoms with Crippen molar-refractivity contribution < 1.29 is 14.3 Å². The van der Waals surface area contributed by atoms with Crippen molar-refractivity contribution in [2.24, 2.45) is 5.92 Å². The lowest BCUT2D eigenvalue weighted by Crippen LogP contribution is -2.17. The minimum atomic E-state index is -0.481. The van der Waals surface area contributed by atoms with E-state index in [1.165, 1.54) is 6.20 Å². The fraction of sp³-hybridized carbons (Fsp3) is 0.615. The first-order valence-corrected chi connectivity index (χ1v) is 7.69. The highest BCUT2D eigenvalue weighted by atomic mass is 32.2. The number of thioether (sulfide) groups is 1. The summed E-state index contributed by atoms with van der Waals surface area (Å²) in [6.07, 6.45) is 3.58. The van der Waals surface area contributed by atoms with Gasteiger partial charge in [0.05, 0.1) is 6.61 Å². The minimum Gasteiger partial charge on any atom is -0.462 e. The van der Waals surface area contributed by atoms with E-state index in [4.69, 9.17) is 15.2 Å². The Morgan fingerprint density at radius 1 is 1.55 bits per heavy atom. The largest absolute Gasteiger partial charge is 0.462 e. The van der Waals surface area contributed by atoms with Crippen LogP contribution in [-0.2, 0) is 9.47 Å². The zero-order valence-corrected chi connectivity index (χ0v) is 12.3. The molecule has 2 N–H and O–H groups in total. The van der Waals surface area contributed by atoms with Crippen molar-refractivity contribution in [2.75, 3.05) is 31.3 Å². The van der Waals surface area contributed by atoms with Crippen LogP contribution in [0, 0.1) is 5.92 Å². The minimum absolute atomic E-state index is 0.174. The molecule has 1 aliphatic rings. The molecule has 1 aliphatic heterocycles. The molecule has 0 aliphatic carbocycles. The summed E-state index contributed by atoms with van der Waals surface area (Å²) in [6.45, 7) is 3.71. The second kappa shape index (κ2) is 7.44. The van der Waals surface area contributed by atoms with Gasteiger partial charge in [0, 0.05) is 25.2 Å². The van der Waals surface area contributed by atoms with Crippen LogP contribution in [0.2, 0.25) is 0 Å². The quantitative estimate of drug-likeness (QED) is 0.503. The summed E-state index contributed by atoms with van der Waals surface area (Å²) in [6, 6.07) is 0. The number of carbonyl (C=O) groups is 1. The van der Waals surface area contributed by atoms with Crippen LogP contribution in [-0.4, -0.2) is 41.5 Å². The van der Waals surface area contributed by atoms with Crippen LogP contribution >= 0.6 is 11.8 Å². The number of hydrogen-bond acceptors (Lipinski definition) is 7. The number of aromatic nitrogens is 2. The van der Waals surface area contributed by atoms with Gasteiger partial charge in [0.25, 0.3) is 0 Å². The Bertz CT molecular complexity index is 464. The van der Waals surface area contributed by atoms with Crippen LogP contribution in [0.15, 0.2) is 11.4 Å². The molecule has 2 rings (SSSR count). The third kappa shape index (κ3) is 4.08. The first kappa shape index (κ1) is 15.1. The Labute approximate surface area is 122 Å². The van der Waals surface area contributed by atoms with Gasteiger partial charge in [-0.2, -0.15) is 0 Å². The molecule has 0 bridgehead atoms. The van der Waals surface area contributed by atoms with E-state index < -0.39 is 5.97 Å². The van der Waals surface area contributed by atoms with E-state index in [1.54, 1.807) is 18.7 Å². The van der Waals surface area contributed by atoms with Crippen molar-refractivity contribution in [1.82, 2.24) is 9.97 Å². The predicted octanol–water partition coefficient (Wildman–Crippen LogP) is 1.75. The van der Waals surface area contributed by atoms with Gasteiger partial charge in [-0.1, -0.05) is 11.8 Å². The van der Waals surface area contributed by atoms with E-state index in [1.807, 2.05) is 0 Å². The summed E-state index contributed by atoms with van der Waals surface area (Å²) in [5.41, 5.74) is 6.00. The third-order valence-corrected chi connectivity index (χ3v) is 4.17. The second-order valence-corrected chi connectivity index (χ2v) is 5.53. The Hall–Kier alpha value is -1.34. The second-order valence-electron chi connectivity index (χ2n) is 4.54. The van der Waals surface area contributed by atoms with Gasteiger partial charge >= 0.3 is 5.97 Å². The monoisotopic (exact) mass is 297 g/mol. The zero-order valence-electron chi connectivity index (χ0n) is 11.5. The number of nitrogens with two attached hydrogens (primary N) is 1. The average molecular weight is 297 g/mol. The Morgan fingerprint density at radius 3 is 2.95 bits per heavy atom. The summed E-state index contributed by atoms with van der Waals surface area (Å²) in [5.74, 6) is 1.27. The maximum Gasteiger partial charge on any atom is 0.343 e. The van der Waals surface area contributed by atoms with Crippen LogP contribution in [0.4, 0.5) is 5.82 Å². The lowest BCUT2D eigenvalue weighted by molar-refractivity contribution is 0.0526.